The van der Waals surface area contributed by atoms with Crippen molar-refractivity contribution >= 4 is 21.6 Å². The van der Waals surface area contributed by atoms with E-state index in [9.17, 15) is 30.8 Å². The van der Waals surface area contributed by atoms with E-state index in [4.69, 9.17) is 9.47 Å². The summed E-state index contributed by atoms with van der Waals surface area (Å²) in [4.78, 5) is 21.8. The lowest BCUT2D eigenvalue weighted by Gasteiger charge is -2.26. The lowest BCUT2D eigenvalue weighted by atomic mass is 10.0. The number of hydrogen-bond acceptors (Lipinski definition) is 8. The number of halogens is 4. The molecule has 0 radical (unpaired) electrons. The second-order valence-corrected chi connectivity index (χ2v) is 11.5. The lowest BCUT2D eigenvalue weighted by molar-refractivity contribution is -0.122. The molecule has 14 heteroatoms. The van der Waals surface area contributed by atoms with Crippen LogP contribution in [0.25, 0.3) is 0 Å². The molecule has 1 amide bonds. The zero-order valence-corrected chi connectivity index (χ0v) is 21.5. The van der Waals surface area contributed by atoms with E-state index in [1.54, 1.807) is 0 Å². The average Bonchev–Trinajstić information content (AvgIpc) is 3.38. The SMILES string of the molecule is Cc1nc(N[C@H](C)c2cccc(C(F)F)c2F)c(C2OC=CO2)c(C(C(=O)NC2(CF)CC2)S(C)(=O)=O)n1. The predicted molar refractivity (Wildman–Crippen MR) is 128 cm³/mol. The summed E-state index contributed by atoms with van der Waals surface area (Å²) in [6.07, 6.45) is -0.406. The van der Waals surface area contributed by atoms with Crippen LogP contribution in [0.15, 0.2) is 30.7 Å². The second kappa shape index (κ2) is 10.4. The molecule has 1 aliphatic carbocycles. The van der Waals surface area contributed by atoms with Gasteiger partial charge in [-0.25, -0.2) is 35.9 Å². The van der Waals surface area contributed by atoms with Gasteiger partial charge in [0.15, 0.2) is 15.1 Å². The van der Waals surface area contributed by atoms with Crippen LogP contribution in [0, 0.1) is 12.7 Å². The number of amides is 1. The Labute approximate surface area is 216 Å². The minimum Gasteiger partial charge on any atom is -0.455 e. The molecular weight excluding hydrogens is 532 g/mol. The number of nitrogens with zero attached hydrogens (tertiary/aromatic N) is 2. The molecule has 1 aliphatic heterocycles. The molecule has 0 spiro atoms. The maximum Gasteiger partial charge on any atom is 0.271 e. The number of carbonyl (C=O) groups is 1. The standard InChI is InChI=1S/C24H26F4N4O5S/c1-12(14-5-4-6-15(17(14)26)20(27)28)29-21-16(23-36-9-10-37-23)18(30-13(2)31-21)19(38(3,34)35)22(33)32-24(11-25)7-8-24/h4-6,9-10,12,19-20,23H,7-8,11H2,1-3H3,(H,32,33)(H,29,30,31)/t12-,19?/m1/s1. The van der Waals surface area contributed by atoms with Crippen molar-refractivity contribution in [3.63, 3.8) is 0 Å². The van der Waals surface area contributed by atoms with Crippen LogP contribution < -0.4 is 10.6 Å². The van der Waals surface area contributed by atoms with Gasteiger partial charge < -0.3 is 20.1 Å². The number of nitrogens with one attached hydrogen (secondary N) is 2. The maximum absolute atomic E-state index is 14.8. The third-order valence-corrected chi connectivity index (χ3v) is 7.60. The topological polar surface area (TPSA) is 120 Å². The van der Waals surface area contributed by atoms with Crippen LogP contribution >= 0.6 is 0 Å². The van der Waals surface area contributed by atoms with Gasteiger partial charge in [-0.05, 0) is 26.7 Å². The Balaban J connectivity index is 1.81. The van der Waals surface area contributed by atoms with Crippen molar-refractivity contribution in [3.05, 3.63) is 64.7 Å². The van der Waals surface area contributed by atoms with E-state index >= 15 is 0 Å². The van der Waals surface area contributed by atoms with E-state index in [1.807, 2.05) is 0 Å². The van der Waals surface area contributed by atoms with Gasteiger partial charge in [-0.3, -0.25) is 4.79 Å². The first-order valence-electron chi connectivity index (χ1n) is 11.6. The summed E-state index contributed by atoms with van der Waals surface area (Å²) in [5.41, 5.74) is -2.37. The van der Waals surface area contributed by atoms with Crippen LogP contribution in [-0.2, 0) is 24.1 Å². The Bertz CT molecular complexity index is 1360. The van der Waals surface area contributed by atoms with E-state index < -0.39 is 63.3 Å². The Morgan fingerprint density at radius 3 is 2.37 bits per heavy atom. The van der Waals surface area contributed by atoms with Gasteiger partial charge in [0.25, 0.3) is 12.7 Å². The number of aromatic nitrogens is 2. The van der Waals surface area contributed by atoms with E-state index in [1.165, 1.54) is 38.5 Å². The van der Waals surface area contributed by atoms with E-state index in [0.717, 1.165) is 12.3 Å². The molecule has 206 valence electrons. The first-order chi connectivity index (χ1) is 17.9. The number of aryl methyl sites for hydroxylation is 1. The predicted octanol–water partition coefficient (Wildman–Crippen LogP) is 4.26. The fourth-order valence-electron chi connectivity index (χ4n) is 4.17. The quantitative estimate of drug-likeness (QED) is 0.416. The van der Waals surface area contributed by atoms with E-state index in [-0.39, 0.29) is 28.5 Å². The summed E-state index contributed by atoms with van der Waals surface area (Å²) < 4.78 is 91.5. The van der Waals surface area contributed by atoms with E-state index in [0.29, 0.717) is 12.8 Å². The Hall–Kier alpha value is -3.42. The highest BCUT2D eigenvalue weighted by Gasteiger charge is 2.48. The largest absolute Gasteiger partial charge is 0.455 e. The van der Waals surface area contributed by atoms with Gasteiger partial charge in [0.1, 0.15) is 36.7 Å². The summed E-state index contributed by atoms with van der Waals surface area (Å²) in [7, 11) is -4.19. The molecule has 1 fully saturated rings. The molecule has 2 aromatic rings. The van der Waals surface area contributed by atoms with Crippen molar-refractivity contribution in [2.45, 2.75) is 56.2 Å². The highest BCUT2D eigenvalue weighted by Crippen LogP contribution is 2.40. The number of anilines is 1. The molecule has 1 saturated carbocycles. The summed E-state index contributed by atoms with van der Waals surface area (Å²) in [6, 6.07) is 2.62. The molecule has 0 saturated heterocycles. The normalized spacial score (nSPS) is 18.0. The van der Waals surface area contributed by atoms with Crippen molar-refractivity contribution in [1.82, 2.24) is 15.3 Å². The maximum atomic E-state index is 14.8. The third kappa shape index (κ3) is 5.54. The minimum atomic E-state index is -4.19. The van der Waals surface area contributed by atoms with Gasteiger partial charge in [0.05, 0.1) is 28.4 Å². The Morgan fingerprint density at radius 1 is 1.18 bits per heavy atom. The van der Waals surface area contributed by atoms with Crippen LogP contribution in [0.4, 0.5) is 23.4 Å². The van der Waals surface area contributed by atoms with Crippen LogP contribution in [-0.4, -0.2) is 42.8 Å². The lowest BCUT2D eigenvalue weighted by Crippen LogP contribution is -2.43. The molecular formula is C24H26F4N4O5S. The number of rotatable bonds is 10. The fraction of sp³-hybridized carbons (Fsp3) is 0.458. The van der Waals surface area contributed by atoms with Crippen LogP contribution in [0.3, 0.4) is 0 Å². The zero-order valence-electron chi connectivity index (χ0n) is 20.7. The smallest absolute Gasteiger partial charge is 0.271 e. The Morgan fingerprint density at radius 2 is 1.82 bits per heavy atom. The summed E-state index contributed by atoms with van der Waals surface area (Å²) in [5.74, 6) is -2.12. The second-order valence-electron chi connectivity index (χ2n) is 9.32. The molecule has 2 N–H and O–H groups in total. The molecule has 0 bridgehead atoms. The number of ether oxygens (including phenoxy) is 2. The monoisotopic (exact) mass is 558 g/mol. The number of hydrogen-bond donors (Lipinski definition) is 2. The van der Waals surface area contributed by atoms with Crippen molar-refractivity contribution < 1.29 is 40.2 Å². The van der Waals surface area contributed by atoms with Crippen molar-refractivity contribution in [2.75, 3.05) is 18.2 Å². The molecule has 9 nitrogen and oxygen atoms in total. The minimum absolute atomic E-state index is 0.0410. The number of alkyl halides is 3. The first kappa shape index (κ1) is 27.6. The van der Waals surface area contributed by atoms with Gasteiger partial charge in [-0.1, -0.05) is 18.2 Å². The molecule has 2 atom stereocenters. The fourth-order valence-corrected chi connectivity index (χ4v) is 5.20. The van der Waals surface area contributed by atoms with Crippen molar-refractivity contribution in [3.8, 4) is 0 Å². The van der Waals surface area contributed by atoms with Crippen LogP contribution in [0.2, 0.25) is 0 Å². The summed E-state index contributed by atoms with van der Waals surface area (Å²) >= 11 is 0. The van der Waals surface area contributed by atoms with Gasteiger partial charge >= 0.3 is 0 Å². The first-order valence-corrected chi connectivity index (χ1v) is 13.6. The van der Waals surface area contributed by atoms with E-state index in [2.05, 4.69) is 20.6 Å². The zero-order chi connectivity index (χ0) is 27.8. The van der Waals surface area contributed by atoms with Gasteiger partial charge in [0, 0.05) is 11.8 Å². The van der Waals surface area contributed by atoms with Gasteiger partial charge in [-0.15, -0.1) is 0 Å². The van der Waals surface area contributed by atoms with Crippen LogP contribution in [0.1, 0.15) is 72.0 Å². The molecule has 1 unspecified atom stereocenters. The highest BCUT2D eigenvalue weighted by atomic mass is 32.2. The highest BCUT2D eigenvalue weighted by molar-refractivity contribution is 7.91. The number of carbonyl (C=O) groups excluding carboxylic acids is 1. The molecule has 2 aliphatic rings. The van der Waals surface area contributed by atoms with Gasteiger partial charge in [-0.2, -0.15) is 0 Å². The Kier molecular flexibility index (Phi) is 7.55. The number of benzene rings is 1. The molecule has 2 heterocycles. The van der Waals surface area contributed by atoms with Crippen molar-refractivity contribution in [1.29, 1.82) is 0 Å². The van der Waals surface area contributed by atoms with Crippen molar-refractivity contribution in [2.24, 2.45) is 0 Å². The summed E-state index contributed by atoms with van der Waals surface area (Å²) in [5, 5.41) is 3.49. The van der Waals surface area contributed by atoms with Crippen LogP contribution in [0.5, 0.6) is 0 Å². The average molecular weight is 559 g/mol. The molecule has 38 heavy (non-hydrogen) atoms. The number of sulfone groups is 1. The summed E-state index contributed by atoms with van der Waals surface area (Å²) in [6.45, 7) is 2.07. The molecule has 1 aromatic heterocycles. The third-order valence-electron chi connectivity index (χ3n) is 6.31. The molecule has 1 aromatic carbocycles. The molecule has 4 rings (SSSR count). The van der Waals surface area contributed by atoms with Gasteiger partial charge in [0.2, 0.25) is 5.91 Å².